The number of nitrogens with zero attached hydrogens (tertiary/aromatic N) is 3. The van der Waals surface area contributed by atoms with Crippen LogP contribution in [0.5, 0.6) is 0 Å². The molecule has 9 aromatic carbocycles. The SMILES string of the molecule is c1ccc(C2(c3ccccc3)c3ccccc3-c3ccc(N(c4ccc(-c5cnc6occc6n5)cc4)c4cccc5c4C(c4ccccc4)(c4ccccc4)c4ccccc4-5)cc32)cc1. The largest absolute Gasteiger partial charge is 0.445 e. The van der Waals surface area contributed by atoms with E-state index < -0.39 is 10.8 Å². The Morgan fingerprint density at radius 3 is 1.52 bits per heavy atom. The second kappa shape index (κ2) is 15.0. The molecule has 2 aromatic heterocycles. The van der Waals surface area contributed by atoms with Crippen LogP contribution in [-0.4, -0.2) is 9.97 Å². The minimum atomic E-state index is -0.635. The standard InChI is InChI=1S/C62H41N3O/c1-5-18-43(19-6-1)61(44-20-7-2-8-21-44)53-29-15-13-26-49(53)51-37-36-48(40-55(51)61)65(47-34-32-42(33-35-47)57-41-63-60-56(64-57)38-39-66-60)58-31-17-28-52-50-27-14-16-30-54(50)62(59(52)58,45-22-9-3-10-23-45)46-24-11-4-12-25-46/h1-41H. The second-order valence-electron chi connectivity index (χ2n) is 17.2. The summed E-state index contributed by atoms with van der Waals surface area (Å²) in [5.41, 5.74) is 19.9. The molecule has 2 aliphatic carbocycles. The smallest absolute Gasteiger partial charge is 0.245 e. The summed E-state index contributed by atoms with van der Waals surface area (Å²) in [5.74, 6) is 0. The minimum absolute atomic E-state index is 0.529. The summed E-state index contributed by atoms with van der Waals surface area (Å²) in [7, 11) is 0. The average Bonchev–Trinajstić information content (AvgIpc) is 4.08. The van der Waals surface area contributed by atoms with Crippen molar-refractivity contribution in [2.24, 2.45) is 0 Å². The molecule has 11 aromatic rings. The normalized spacial score (nSPS) is 13.7. The van der Waals surface area contributed by atoms with Crippen LogP contribution in [0, 0.1) is 0 Å². The van der Waals surface area contributed by atoms with E-state index in [0.717, 1.165) is 33.8 Å². The summed E-state index contributed by atoms with van der Waals surface area (Å²) < 4.78 is 5.54. The average molecular weight is 844 g/mol. The van der Waals surface area contributed by atoms with Crippen LogP contribution in [0.2, 0.25) is 0 Å². The van der Waals surface area contributed by atoms with Gasteiger partial charge in [0.15, 0.2) is 0 Å². The second-order valence-corrected chi connectivity index (χ2v) is 17.2. The van der Waals surface area contributed by atoms with Gasteiger partial charge in [-0.25, -0.2) is 9.97 Å². The Bertz CT molecular complexity index is 3500. The van der Waals surface area contributed by atoms with Gasteiger partial charge < -0.3 is 9.32 Å². The maximum Gasteiger partial charge on any atom is 0.245 e. The van der Waals surface area contributed by atoms with Gasteiger partial charge in [-0.3, -0.25) is 0 Å². The highest BCUT2D eigenvalue weighted by Crippen LogP contribution is 2.61. The van der Waals surface area contributed by atoms with E-state index in [4.69, 9.17) is 9.40 Å². The fourth-order valence-corrected chi connectivity index (χ4v) is 11.3. The maximum atomic E-state index is 5.54. The van der Waals surface area contributed by atoms with Crippen molar-refractivity contribution in [1.29, 1.82) is 0 Å². The molecule has 0 atom stereocenters. The quantitative estimate of drug-likeness (QED) is 0.153. The predicted molar refractivity (Wildman–Crippen MR) is 267 cm³/mol. The highest BCUT2D eigenvalue weighted by Gasteiger charge is 2.49. The number of furan rings is 1. The van der Waals surface area contributed by atoms with Crippen LogP contribution >= 0.6 is 0 Å². The van der Waals surface area contributed by atoms with Gasteiger partial charge in [0.1, 0.15) is 5.52 Å². The monoisotopic (exact) mass is 843 g/mol. The molecule has 13 rings (SSSR count). The van der Waals surface area contributed by atoms with Gasteiger partial charge in [0.25, 0.3) is 0 Å². The summed E-state index contributed by atoms with van der Waals surface area (Å²) in [4.78, 5) is 12.0. The van der Waals surface area contributed by atoms with Gasteiger partial charge in [-0.05, 0) is 91.5 Å². The molecule has 0 unspecified atom stereocenters. The van der Waals surface area contributed by atoms with Gasteiger partial charge in [0.05, 0.1) is 34.7 Å². The predicted octanol–water partition coefficient (Wildman–Crippen LogP) is 15.1. The number of rotatable bonds is 8. The fraction of sp³-hybridized carbons (Fsp3) is 0.0323. The Labute approximate surface area is 383 Å². The van der Waals surface area contributed by atoms with Crippen molar-refractivity contribution in [1.82, 2.24) is 9.97 Å². The Morgan fingerprint density at radius 1 is 0.394 bits per heavy atom. The zero-order valence-corrected chi connectivity index (χ0v) is 35.9. The number of fused-ring (bicyclic) bond motifs is 7. The zero-order valence-electron chi connectivity index (χ0n) is 35.9. The third-order valence-corrected chi connectivity index (χ3v) is 14.0. The number of anilines is 3. The lowest BCUT2D eigenvalue weighted by Crippen LogP contribution is -2.31. The van der Waals surface area contributed by atoms with Crippen molar-refractivity contribution >= 4 is 28.3 Å². The van der Waals surface area contributed by atoms with Gasteiger partial charge >= 0.3 is 0 Å². The van der Waals surface area contributed by atoms with Crippen molar-refractivity contribution in [3.8, 4) is 33.5 Å². The van der Waals surface area contributed by atoms with Crippen LogP contribution < -0.4 is 4.90 Å². The third-order valence-electron chi connectivity index (χ3n) is 14.0. The zero-order chi connectivity index (χ0) is 43.7. The van der Waals surface area contributed by atoms with Crippen LogP contribution in [0.1, 0.15) is 44.5 Å². The molecule has 0 saturated carbocycles. The van der Waals surface area contributed by atoms with Crippen LogP contribution in [0.3, 0.4) is 0 Å². The van der Waals surface area contributed by atoms with E-state index in [9.17, 15) is 0 Å². The van der Waals surface area contributed by atoms with Gasteiger partial charge in [-0.2, -0.15) is 0 Å². The summed E-state index contributed by atoms with van der Waals surface area (Å²) in [6.07, 6.45) is 3.43. The third kappa shape index (κ3) is 5.45. The van der Waals surface area contributed by atoms with E-state index in [1.807, 2.05) is 6.07 Å². The lowest BCUT2D eigenvalue weighted by atomic mass is 9.67. The lowest BCUT2D eigenvalue weighted by molar-refractivity contribution is 0.602. The lowest BCUT2D eigenvalue weighted by Gasteiger charge is -2.38. The summed E-state index contributed by atoms with van der Waals surface area (Å²) in [6.45, 7) is 0. The molecule has 66 heavy (non-hydrogen) atoms. The highest BCUT2D eigenvalue weighted by atomic mass is 16.3. The first-order chi connectivity index (χ1) is 32.7. The molecule has 0 amide bonds. The van der Waals surface area contributed by atoms with Crippen LogP contribution in [-0.2, 0) is 10.8 Å². The van der Waals surface area contributed by atoms with Gasteiger partial charge in [0.2, 0.25) is 5.71 Å². The molecule has 0 radical (unpaired) electrons. The van der Waals surface area contributed by atoms with E-state index in [2.05, 4.69) is 240 Å². The molecule has 0 saturated heterocycles. The number of benzene rings is 9. The van der Waals surface area contributed by atoms with Crippen molar-refractivity contribution in [3.05, 3.63) is 294 Å². The molecular weight excluding hydrogens is 803 g/mol. The van der Waals surface area contributed by atoms with Crippen molar-refractivity contribution in [2.45, 2.75) is 10.8 Å². The molecule has 2 heterocycles. The summed E-state index contributed by atoms with van der Waals surface area (Å²) in [6, 6.07) is 86.8. The first-order valence-electron chi connectivity index (χ1n) is 22.6. The van der Waals surface area contributed by atoms with Crippen molar-refractivity contribution in [2.75, 3.05) is 4.90 Å². The Hall–Kier alpha value is -8.60. The van der Waals surface area contributed by atoms with E-state index in [0.29, 0.717) is 5.71 Å². The number of hydrogen-bond acceptors (Lipinski definition) is 4. The molecule has 0 N–H and O–H groups in total. The fourth-order valence-electron chi connectivity index (χ4n) is 11.3. The van der Waals surface area contributed by atoms with E-state index >= 15 is 0 Å². The Balaban J connectivity index is 1.11. The Kier molecular flexibility index (Phi) is 8.62. The van der Waals surface area contributed by atoms with E-state index in [1.165, 1.54) is 66.8 Å². The maximum absolute atomic E-state index is 5.54. The molecule has 2 aliphatic rings. The number of hydrogen-bond donors (Lipinski definition) is 0. The van der Waals surface area contributed by atoms with E-state index in [-0.39, 0.29) is 0 Å². The molecule has 4 heteroatoms. The highest BCUT2D eigenvalue weighted by molar-refractivity contribution is 5.96. The van der Waals surface area contributed by atoms with Crippen molar-refractivity contribution < 1.29 is 4.42 Å². The summed E-state index contributed by atoms with van der Waals surface area (Å²) in [5, 5.41) is 0. The molecular formula is C62H41N3O. The first kappa shape index (κ1) is 37.9. The van der Waals surface area contributed by atoms with Gasteiger partial charge in [0, 0.05) is 28.6 Å². The van der Waals surface area contributed by atoms with Crippen LogP contribution in [0.15, 0.2) is 253 Å². The topological polar surface area (TPSA) is 42.2 Å². The van der Waals surface area contributed by atoms with Crippen molar-refractivity contribution in [3.63, 3.8) is 0 Å². The van der Waals surface area contributed by atoms with Gasteiger partial charge in [-0.1, -0.05) is 200 Å². The molecule has 0 spiro atoms. The van der Waals surface area contributed by atoms with E-state index in [1.54, 1.807) is 12.5 Å². The molecule has 0 fully saturated rings. The molecule has 4 nitrogen and oxygen atoms in total. The van der Waals surface area contributed by atoms with Crippen LogP contribution in [0.4, 0.5) is 17.1 Å². The van der Waals surface area contributed by atoms with Gasteiger partial charge in [-0.15, -0.1) is 0 Å². The summed E-state index contributed by atoms with van der Waals surface area (Å²) >= 11 is 0. The molecule has 0 bridgehead atoms. The molecule has 0 aliphatic heterocycles. The molecule has 310 valence electrons. The van der Waals surface area contributed by atoms with Crippen LogP contribution in [0.25, 0.3) is 44.7 Å². The first-order valence-corrected chi connectivity index (χ1v) is 22.6. The number of aromatic nitrogens is 2. The Morgan fingerprint density at radius 2 is 0.894 bits per heavy atom. The minimum Gasteiger partial charge on any atom is -0.445 e.